The Kier molecular flexibility index (Phi) is 7.44. The summed E-state index contributed by atoms with van der Waals surface area (Å²) in [6.07, 6.45) is 4.07. The van der Waals surface area contributed by atoms with Crippen LogP contribution in [0.2, 0.25) is 10.0 Å². The second-order valence-electron chi connectivity index (χ2n) is 10.8. The van der Waals surface area contributed by atoms with Crippen molar-refractivity contribution < 1.29 is 4.55 Å². The van der Waals surface area contributed by atoms with E-state index in [1.165, 1.54) is 22.9 Å². The maximum Gasteiger partial charge on any atom is 0.188 e. The predicted molar refractivity (Wildman–Crippen MR) is 164 cm³/mol. The van der Waals surface area contributed by atoms with E-state index >= 15 is 0 Å². The van der Waals surface area contributed by atoms with Crippen molar-refractivity contribution in [2.24, 2.45) is 10.6 Å². The van der Waals surface area contributed by atoms with Gasteiger partial charge in [-0.25, -0.2) is 9.97 Å². The van der Waals surface area contributed by atoms with E-state index in [1.807, 2.05) is 26.0 Å². The van der Waals surface area contributed by atoms with Crippen molar-refractivity contribution in [3.63, 3.8) is 0 Å². The number of thiazole rings is 2. The van der Waals surface area contributed by atoms with Gasteiger partial charge in [-0.1, -0.05) is 88.0 Å². The number of nitrogens with zero attached hydrogens (tertiary/aromatic N) is 3. The Hall–Kier alpha value is -1.04. The highest BCUT2D eigenvalue weighted by molar-refractivity contribution is 8.01. The molecule has 1 spiro atoms. The van der Waals surface area contributed by atoms with Crippen LogP contribution >= 0.6 is 57.6 Å². The molecule has 5 nitrogen and oxygen atoms in total. The molecule has 0 bridgehead atoms. The fourth-order valence-electron chi connectivity index (χ4n) is 5.89. The molecule has 3 heterocycles. The van der Waals surface area contributed by atoms with Gasteiger partial charge in [0.25, 0.3) is 0 Å². The largest absolute Gasteiger partial charge is 0.598 e. The summed E-state index contributed by atoms with van der Waals surface area (Å²) in [5.74, 6) is 0.364. The van der Waals surface area contributed by atoms with E-state index in [1.54, 1.807) is 28.7 Å². The van der Waals surface area contributed by atoms with E-state index in [0.717, 1.165) is 62.8 Å². The third-order valence-corrected chi connectivity index (χ3v) is 13.4. The first-order valence-corrected chi connectivity index (χ1v) is 17.0. The maximum absolute atomic E-state index is 12.3. The van der Waals surface area contributed by atoms with Gasteiger partial charge in [0.2, 0.25) is 0 Å². The van der Waals surface area contributed by atoms with Crippen LogP contribution in [0.4, 0.5) is 5.13 Å². The smallest absolute Gasteiger partial charge is 0.188 e. The SMILES string of the molecule is CC(C)(C[C@@H]1c2ccccc2CC12CCN(c1nc3sc(Sc4cccc(Cl)c4Cl)nc3s1)CC2)[S+](N)[O-]. The molecular formula is C27H28Cl2N4OS4. The predicted octanol–water partition coefficient (Wildman–Crippen LogP) is 7.93. The summed E-state index contributed by atoms with van der Waals surface area (Å²) in [6.45, 7) is 5.98. The van der Waals surface area contributed by atoms with E-state index in [0.29, 0.717) is 16.0 Å². The zero-order chi connectivity index (χ0) is 26.7. The number of piperidine rings is 1. The lowest BCUT2D eigenvalue weighted by Gasteiger charge is -2.45. The topological polar surface area (TPSA) is 78.1 Å². The Morgan fingerprint density at radius 1 is 1.11 bits per heavy atom. The van der Waals surface area contributed by atoms with E-state index in [-0.39, 0.29) is 5.41 Å². The molecule has 2 atom stereocenters. The second-order valence-corrected chi connectivity index (χ2v) is 16.5. The summed E-state index contributed by atoms with van der Waals surface area (Å²) in [6, 6.07) is 14.4. The van der Waals surface area contributed by atoms with Crippen molar-refractivity contribution in [1.82, 2.24) is 9.97 Å². The van der Waals surface area contributed by atoms with E-state index in [4.69, 9.17) is 38.3 Å². The minimum absolute atomic E-state index is 0.170. The molecule has 0 amide bonds. The zero-order valence-electron chi connectivity index (χ0n) is 21.1. The highest BCUT2D eigenvalue weighted by atomic mass is 35.5. The molecular weight excluding hydrogens is 595 g/mol. The van der Waals surface area contributed by atoms with Crippen molar-refractivity contribution in [3.05, 3.63) is 63.6 Å². The normalized spacial score (nSPS) is 19.8. The lowest BCUT2D eigenvalue weighted by molar-refractivity contribution is 0.170. The first kappa shape index (κ1) is 27.1. The molecule has 38 heavy (non-hydrogen) atoms. The maximum atomic E-state index is 12.3. The molecule has 1 aliphatic carbocycles. The van der Waals surface area contributed by atoms with Gasteiger partial charge < -0.3 is 9.45 Å². The van der Waals surface area contributed by atoms with Gasteiger partial charge >= 0.3 is 0 Å². The minimum atomic E-state index is -1.37. The van der Waals surface area contributed by atoms with Crippen LogP contribution in [0.1, 0.15) is 50.2 Å². The van der Waals surface area contributed by atoms with Crippen molar-refractivity contribution in [2.75, 3.05) is 18.0 Å². The average Bonchev–Trinajstić information content (AvgIpc) is 3.53. The van der Waals surface area contributed by atoms with E-state index in [9.17, 15) is 4.55 Å². The Morgan fingerprint density at radius 2 is 1.84 bits per heavy atom. The molecule has 200 valence electrons. The third kappa shape index (κ3) is 4.98. The number of anilines is 1. The first-order valence-electron chi connectivity index (χ1n) is 12.5. The Bertz CT molecular complexity index is 1450. The van der Waals surface area contributed by atoms with Crippen molar-refractivity contribution in [3.8, 4) is 0 Å². The Balaban J connectivity index is 1.19. The molecule has 2 aliphatic rings. The second kappa shape index (κ2) is 10.4. The van der Waals surface area contributed by atoms with Gasteiger partial charge in [-0.15, -0.1) is 0 Å². The molecule has 2 N–H and O–H groups in total. The van der Waals surface area contributed by atoms with Crippen LogP contribution in [0.5, 0.6) is 0 Å². The number of benzene rings is 2. The zero-order valence-corrected chi connectivity index (χ0v) is 25.9. The van der Waals surface area contributed by atoms with Gasteiger partial charge in [-0.05, 0) is 67.7 Å². The number of nitrogens with two attached hydrogens (primary N) is 1. The molecule has 0 saturated carbocycles. The molecule has 1 unspecified atom stereocenters. The van der Waals surface area contributed by atoms with Crippen LogP contribution in [-0.2, 0) is 17.8 Å². The first-order chi connectivity index (χ1) is 18.1. The molecule has 4 aromatic rings. The van der Waals surface area contributed by atoms with Gasteiger partial charge in [0.05, 0.1) is 10.0 Å². The van der Waals surface area contributed by atoms with Crippen LogP contribution in [0, 0.1) is 5.41 Å². The number of halogens is 2. The highest BCUT2D eigenvalue weighted by Gasteiger charge is 2.50. The monoisotopic (exact) mass is 622 g/mol. The average molecular weight is 624 g/mol. The highest BCUT2D eigenvalue weighted by Crippen LogP contribution is 2.57. The van der Waals surface area contributed by atoms with E-state index in [2.05, 4.69) is 29.2 Å². The quantitative estimate of drug-likeness (QED) is 0.220. The summed E-state index contributed by atoms with van der Waals surface area (Å²) in [4.78, 5) is 15.0. The van der Waals surface area contributed by atoms with Gasteiger partial charge in [0.15, 0.2) is 19.1 Å². The van der Waals surface area contributed by atoms with Gasteiger partial charge in [0.1, 0.15) is 4.75 Å². The van der Waals surface area contributed by atoms with Crippen molar-refractivity contribution >= 4 is 83.8 Å². The summed E-state index contributed by atoms with van der Waals surface area (Å²) < 4.78 is 12.8. The molecule has 1 saturated heterocycles. The lowest BCUT2D eigenvalue weighted by atomic mass is 9.67. The molecule has 6 rings (SSSR count). The Morgan fingerprint density at radius 3 is 2.58 bits per heavy atom. The number of rotatable bonds is 6. The fourth-order valence-corrected chi connectivity index (χ4v) is 9.91. The number of hydrogen-bond donors (Lipinski definition) is 1. The Labute approximate surface area is 248 Å². The molecule has 11 heteroatoms. The van der Waals surface area contributed by atoms with Crippen LogP contribution in [0.15, 0.2) is 51.7 Å². The van der Waals surface area contributed by atoms with Gasteiger partial charge in [-0.2, -0.15) is 5.14 Å². The summed E-state index contributed by atoms with van der Waals surface area (Å²) in [5.41, 5.74) is 3.03. The van der Waals surface area contributed by atoms with Crippen LogP contribution < -0.4 is 10.0 Å². The lowest BCUT2D eigenvalue weighted by Crippen LogP contribution is -2.46. The molecule has 0 radical (unpaired) electrons. The number of fused-ring (bicyclic) bond motifs is 2. The summed E-state index contributed by atoms with van der Waals surface area (Å²) in [7, 11) is 0. The molecule has 2 aromatic carbocycles. The fraction of sp³-hybridized carbons (Fsp3) is 0.407. The van der Waals surface area contributed by atoms with Gasteiger partial charge in [-0.3, -0.25) is 0 Å². The molecule has 2 aromatic heterocycles. The summed E-state index contributed by atoms with van der Waals surface area (Å²) >= 11 is 16.0. The molecule has 1 aliphatic heterocycles. The molecule has 1 fully saturated rings. The summed E-state index contributed by atoms with van der Waals surface area (Å²) in [5, 5.41) is 8.06. The minimum Gasteiger partial charge on any atom is -0.598 e. The van der Waals surface area contributed by atoms with E-state index < -0.39 is 16.1 Å². The van der Waals surface area contributed by atoms with Crippen molar-refractivity contribution in [1.29, 1.82) is 0 Å². The van der Waals surface area contributed by atoms with Crippen LogP contribution in [0.25, 0.3) is 9.66 Å². The van der Waals surface area contributed by atoms with Crippen molar-refractivity contribution in [2.45, 2.75) is 59.4 Å². The third-order valence-electron chi connectivity index (χ3n) is 8.04. The standard InChI is InChI=1S/C27H28Cl2N4OS4/c1-26(2,38(30)34)15-18-17-7-4-3-6-16(17)14-27(18)10-12-33(13-11-27)24-31-22-23(36-24)32-25(37-22)35-20-9-5-8-19(28)21(20)29/h3-9,18H,10-15,30H2,1-2H3/t18-,38?/m1/s1. The van der Waals surface area contributed by atoms with Crippen LogP contribution in [-0.4, -0.2) is 32.4 Å². The number of hydrogen-bond acceptors (Lipinski definition) is 8. The van der Waals surface area contributed by atoms with Crippen LogP contribution in [0.3, 0.4) is 0 Å². The van der Waals surface area contributed by atoms with Gasteiger partial charge in [0, 0.05) is 35.8 Å². The number of aromatic nitrogens is 2.